The van der Waals surface area contributed by atoms with Crippen molar-refractivity contribution in [3.8, 4) is 0 Å². The van der Waals surface area contributed by atoms with Gasteiger partial charge < -0.3 is 19.6 Å². The zero-order chi connectivity index (χ0) is 27.8. The number of hydrogen-bond donors (Lipinski definition) is 1. The van der Waals surface area contributed by atoms with Crippen molar-refractivity contribution in [2.24, 2.45) is 23.2 Å². The van der Waals surface area contributed by atoms with Crippen LogP contribution in [0.15, 0.2) is 25.3 Å². The number of aliphatic hydroxyl groups excluding tert-OH is 1. The maximum absolute atomic E-state index is 14.7. The van der Waals surface area contributed by atoms with Gasteiger partial charge in [-0.3, -0.25) is 14.4 Å². The van der Waals surface area contributed by atoms with Crippen LogP contribution in [0.5, 0.6) is 0 Å². The van der Waals surface area contributed by atoms with E-state index in [-0.39, 0.29) is 47.6 Å². The van der Waals surface area contributed by atoms with Crippen LogP contribution >= 0.6 is 11.8 Å². The number of likely N-dealkylation sites (tertiary alicyclic amines) is 1. The van der Waals surface area contributed by atoms with Crippen LogP contribution in [-0.2, 0) is 19.1 Å². The largest absolute Gasteiger partial charge is 0.461 e. The number of thioether (sulfide) groups is 1. The average Bonchev–Trinajstić information content (AvgIpc) is 3.38. The molecule has 1 spiro atoms. The summed E-state index contributed by atoms with van der Waals surface area (Å²) < 4.78 is 4.77. The van der Waals surface area contributed by atoms with Gasteiger partial charge in [-0.1, -0.05) is 46.4 Å². The molecule has 208 valence electrons. The molecule has 0 aliphatic carbocycles. The Bertz CT molecular complexity index is 912. The van der Waals surface area contributed by atoms with Crippen LogP contribution in [0.4, 0.5) is 0 Å². The van der Waals surface area contributed by atoms with E-state index in [0.717, 1.165) is 12.8 Å². The van der Waals surface area contributed by atoms with Gasteiger partial charge in [-0.2, -0.15) is 0 Å². The summed E-state index contributed by atoms with van der Waals surface area (Å²) in [7, 11) is 0. The van der Waals surface area contributed by atoms with E-state index < -0.39 is 28.2 Å². The SMILES string of the molecule is C=CCOC(=O)[C@@H]1[C@@H]2CC(C)C3(S2)C(C(=O)N(CC=C)C(C)(C)CC(C)(C)C)N(CCCCO)C(=O)[C@H]13. The lowest BCUT2D eigenvalue weighted by molar-refractivity contribution is -0.153. The Morgan fingerprint density at radius 2 is 1.89 bits per heavy atom. The van der Waals surface area contributed by atoms with Crippen LogP contribution in [-0.4, -0.2) is 80.6 Å². The van der Waals surface area contributed by atoms with E-state index in [1.54, 1.807) is 22.7 Å². The van der Waals surface area contributed by atoms with E-state index >= 15 is 0 Å². The Balaban J connectivity index is 2.08. The highest BCUT2D eigenvalue weighted by Crippen LogP contribution is 2.69. The number of carbonyl (C=O) groups excluding carboxylic acids is 3. The molecule has 3 aliphatic heterocycles. The number of rotatable bonds is 12. The average molecular weight is 535 g/mol. The van der Waals surface area contributed by atoms with Gasteiger partial charge in [0, 0.05) is 30.5 Å². The quantitative estimate of drug-likeness (QED) is 0.231. The summed E-state index contributed by atoms with van der Waals surface area (Å²) in [5.41, 5.74) is -0.477. The molecule has 3 heterocycles. The van der Waals surface area contributed by atoms with Crippen molar-refractivity contribution in [3.63, 3.8) is 0 Å². The maximum Gasteiger partial charge on any atom is 0.311 e. The van der Waals surface area contributed by atoms with Gasteiger partial charge in [-0.05, 0) is 50.9 Å². The van der Waals surface area contributed by atoms with Crippen LogP contribution in [0.1, 0.15) is 67.2 Å². The van der Waals surface area contributed by atoms with Gasteiger partial charge in [-0.15, -0.1) is 18.3 Å². The highest BCUT2D eigenvalue weighted by atomic mass is 32.2. The Morgan fingerprint density at radius 1 is 1.22 bits per heavy atom. The molecule has 1 N–H and O–H groups in total. The van der Waals surface area contributed by atoms with Gasteiger partial charge in [-0.25, -0.2) is 0 Å². The summed E-state index contributed by atoms with van der Waals surface area (Å²) in [5.74, 6) is -1.65. The molecule has 6 atom stereocenters. The molecule has 8 heteroatoms. The first-order valence-electron chi connectivity index (χ1n) is 13.6. The fraction of sp³-hybridized carbons (Fsp3) is 0.759. The summed E-state index contributed by atoms with van der Waals surface area (Å²) in [6.45, 7) is 21.2. The van der Waals surface area contributed by atoms with Crippen molar-refractivity contribution < 1.29 is 24.2 Å². The van der Waals surface area contributed by atoms with Crippen molar-refractivity contribution in [3.05, 3.63) is 25.3 Å². The normalized spacial score (nSPS) is 30.8. The Morgan fingerprint density at radius 3 is 2.46 bits per heavy atom. The topological polar surface area (TPSA) is 87.2 Å². The molecule has 0 aromatic carbocycles. The van der Waals surface area contributed by atoms with Crippen LogP contribution in [0.2, 0.25) is 0 Å². The van der Waals surface area contributed by atoms with Crippen LogP contribution in [0.25, 0.3) is 0 Å². The number of hydrogen-bond acceptors (Lipinski definition) is 6. The highest BCUT2D eigenvalue weighted by molar-refractivity contribution is 8.02. The molecular formula is C29H46N2O5S. The van der Waals surface area contributed by atoms with Gasteiger partial charge in [0.2, 0.25) is 11.8 Å². The van der Waals surface area contributed by atoms with Crippen molar-refractivity contribution in [2.45, 2.75) is 88.8 Å². The summed E-state index contributed by atoms with van der Waals surface area (Å²) in [6, 6.07) is -0.676. The molecule has 7 nitrogen and oxygen atoms in total. The van der Waals surface area contributed by atoms with Crippen molar-refractivity contribution in [2.75, 3.05) is 26.3 Å². The third kappa shape index (κ3) is 5.38. The molecule has 0 saturated carbocycles. The Labute approximate surface area is 227 Å². The molecule has 37 heavy (non-hydrogen) atoms. The molecule has 3 fully saturated rings. The van der Waals surface area contributed by atoms with Crippen molar-refractivity contribution in [1.82, 2.24) is 9.80 Å². The molecule has 0 radical (unpaired) electrons. The van der Waals surface area contributed by atoms with Gasteiger partial charge in [0.25, 0.3) is 0 Å². The third-order valence-corrected chi connectivity index (χ3v) is 10.2. The molecule has 3 saturated heterocycles. The van der Waals surface area contributed by atoms with E-state index in [9.17, 15) is 19.5 Å². The lowest BCUT2D eigenvalue weighted by Gasteiger charge is -2.46. The molecule has 3 unspecified atom stereocenters. The number of carbonyl (C=O) groups is 3. The standard InChI is InChI=1S/C29H46N2O5S/c1-9-13-31(28(7,8)18-27(4,5)6)25(34)23-29-19(3)17-20(37-29)21(26(35)36-16-10-2)22(29)24(33)30(23)14-11-12-15-32/h9-10,19-23,32H,1-2,11-18H2,3-8H3/t19?,20-,21+,22-,23?,29?/m0/s1. The van der Waals surface area contributed by atoms with Crippen molar-refractivity contribution in [1.29, 1.82) is 0 Å². The number of esters is 1. The number of amides is 2. The van der Waals surface area contributed by atoms with Crippen molar-refractivity contribution >= 4 is 29.5 Å². The zero-order valence-corrected chi connectivity index (χ0v) is 24.3. The summed E-state index contributed by atoms with van der Waals surface area (Å²) in [4.78, 5) is 45.6. The molecule has 2 amide bonds. The lowest BCUT2D eigenvalue weighted by atomic mass is 9.66. The minimum absolute atomic E-state index is 0.00973. The van der Waals surface area contributed by atoms with Gasteiger partial charge >= 0.3 is 5.97 Å². The van der Waals surface area contributed by atoms with Gasteiger partial charge in [0.15, 0.2) is 0 Å². The minimum atomic E-state index is -0.687. The second-order valence-electron chi connectivity index (χ2n) is 12.7. The summed E-state index contributed by atoms with van der Waals surface area (Å²) >= 11 is 1.66. The second-order valence-corrected chi connectivity index (χ2v) is 14.3. The van der Waals surface area contributed by atoms with Gasteiger partial charge in [0.1, 0.15) is 12.6 Å². The number of aliphatic hydroxyl groups is 1. The molecule has 0 aromatic heterocycles. The van der Waals surface area contributed by atoms with E-state index in [1.807, 2.05) is 4.90 Å². The summed E-state index contributed by atoms with van der Waals surface area (Å²) in [5, 5.41) is 9.35. The summed E-state index contributed by atoms with van der Waals surface area (Å²) in [6.07, 6.45) is 5.97. The van der Waals surface area contributed by atoms with E-state index in [1.165, 1.54) is 6.08 Å². The lowest BCUT2D eigenvalue weighted by Crippen LogP contribution is -2.61. The third-order valence-electron chi connectivity index (χ3n) is 8.17. The molecule has 0 aromatic rings. The minimum Gasteiger partial charge on any atom is -0.461 e. The van der Waals surface area contributed by atoms with Crippen LogP contribution < -0.4 is 0 Å². The fourth-order valence-electron chi connectivity index (χ4n) is 7.24. The van der Waals surface area contributed by atoms with E-state index in [4.69, 9.17) is 4.74 Å². The maximum atomic E-state index is 14.7. The second kappa shape index (κ2) is 11.1. The monoisotopic (exact) mass is 534 g/mol. The number of unbranched alkanes of at least 4 members (excludes halogenated alkanes) is 1. The number of ether oxygens (including phenoxy) is 1. The van der Waals surface area contributed by atoms with E-state index in [2.05, 4.69) is 54.7 Å². The van der Waals surface area contributed by atoms with Crippen LogP contribution in [0, 0.1) is 23.2 Å². The van der Waals surface area contributed by atoms with Gasteiger partial charge in [0.05, 0.1) is 16.6 Å². The Kier molecular flexibility index (Phi) is 8.95. The predicted molar refractivity (Wildman–Crippen MR) is 148 cm³/mol. The predicted octanol–water partition coefficient (Wildman–Crippen LogP) is 4.05. The molecule has 2 bridgehead atoms. The highest BCUT2D eigenvalue weighted by Gasteiger charge is 2.76. The number of nitrogens with zero attached hydrogens (tertiary/aromatic N) is 2. The first-order valence-corrected chi connectivity index (χ1v) is 14.4. The Hall–Kier alpha value is -1.80. The first-order chi connectivity index (χ1) is 17.3. The molecule has 3 aliphatic rings. The molecular weight excluding hydrogens is 488 g/mol. The van der Waals surface area contributed by atoms with Crippen LogP contribution in [0.3, 0.4) is 0 Å². The number of fused-ring (bicyclic) bond motifs is 1. The smallest absolute Gasteiger partial charge is 0.311 e. The molecule has 3 rings (SSSR count). The first kappa shape index (κ1) is 29.8. The van der Waals surface area contributed by atoms with E-state index in [0.29, 0.717) is 25.9 Å². The fourth-order valence-corrected chi connectivity index (χ4v) is 9.65. The zero-order valence-electron chi connectivity index (χ0n) is 23.5.